The van der Waals surface area contributed by atoms with Crippen LogP contribution in [0.5, 0.6) is 11.6 Å². The van der Waals surface area contributed by atoms with Crippen molar-refractivity contribution in [3.63, 3.8) is 0 Å². The molecule has 0 saturated heterocycles. The highest BCUT2D eigenvalue weighted by atomic mass is 16.5. The fourth-order valence-corrected chi connectivity index (χ4v) is 2.81. The molecule has 4 aromatic rings. The third-order valence-electron chi connectivity index (χ3n) is 4.08. The van der Waals surface area contributed by atoms with Crippen molar-refractivity contribution in [2.75, 3.05) is 11.1 Å². The summed E-state index contributed by atoms with van der Waals surface area (Å²) in [4.78, 5) is 8.44. The number of nitrogen functional groups attached to an aromatic ring is 1. The molecular weight excluding hydrogens is 324 g/mol. The Bertz CT molecular complexity index is 1070. The third-order valence-corrected chi connectivity index (χ3v) is 4.08. The Labute approximate surface area is 151 Å². The van der Waals surface area contributed by atoms with Crippen molar-refractivity contribution in [1.82, 2.24) is 9.97 Å². The average molecular weight is 342 g/mol. The summed E-state index contributed by atoms with van der Waals surface area (Å²) in [5.74, 6) is 1.54. The molecule has 0 spiro atoms. The minimum Gasteiger partial charge on any atom is -0.436 e. The van der Waals surface area contributed by atoms with Gasteiger partial charge in [-0.15, -0.1) is 0 Å². The van der Waals surface area contributed by atoms with Gasteiger partial charge in [-0.2, -0.15) is 4.98 Å². The average Bonchev–Trinajstić information content (AvgIpc) is 2.65. The summed E-state index contributed by atoms with van der Waals surface area (Å²) in [5, 5.41) is 5.31. The first-order valence-corrected chi connectivity index (χ1v) is 8.30. The van der Waals surface area contributed by atoms with Crippen LogP contribution in [-0.4, -0.2) is 9.97 Å². The zero-order valence-electron chi connectivity index (χ0n) is 14.3. The van der Waals surface area contributed by atoms with Crippen molar-refractivity contribution in [2.45, 2.75) is 6.92 Å². The van der Waals surface area contributed by atoms with Crippen LogP contribution in [0.2, 0.25) is 0 Å². The second-order valence-corrected chi connectivity index (χ2v) is 6.01. The van der Waals surface area contributed by atoms with Crippen LogP contribution in [0.4, 0.5) is 17.2 Å². The summed E-state index contributed by atoms with van der Waals surface area (Å²) in [6, 6.07) is 21.9. The topological polar surface area (TPSA) is 73.1 Å². The van der Waals surface area contributed by atoms with Crippen molar-refractivity contribution < 1.29 is 4.74 Å². The Morgan fingerprint density at radius 1 is 0.923 bits per heavy atom. The number of rotatable bonds is 4. The highest BCUT2D eigenvalue weighted by molar-refractivity contribution is 5.88. The Morgan fingerprint density at radius 2 is 1.73 bits per heavy atom. The first-order chi connectivity index (χ1) is 12.7. The van der Waals surface area contributed by atoms with Crippen LogP contribution in [0, 0.1) is 6.92 Å². The molecule has 0 aliphatic carbocycles. The summed E-state index contributed by atoms with van der Waals surface area (Å²) in [5.41, 5.74) is 8.67. The van der Waals surface area contributed by atoms with Crippen LogP contribution in [0.1, 0.15) is 5.56 Å². The van der Waals surface area contributed by atoms with E-state index in [1.165, 1.54) is 6.33 Å². The van der Waals surface area contributed by atoms with Gasteiger partial charge in [0.1, 0.15) is 17.8 Å². The van der Waals surface area contributed by atoms with Gasteiger partial charge in [-0.1, -0.05) is 48.5 Å². The number of hydrogen-bond donors (Lipinski definition) is 2. The van der Waals surface area contributed by atoms with E-state index in [-0.39, 0.29) is 0 Å². The van der Waals surface area contributed by atoms with Crippen LogP contribution in [-0.2, 0) is 0 Å². The molecular formula is C21H18N4O. The quantitative estimate of drug-likeness (QED) is 0.542. The van der Waals surface area contributed by atoms with Gasteiger partial charge < -0.3 is 15.8 Å². The standard InChI is InChI=1S/C21H18N4O/c1-14-6-4-9-16(12-14)25-20-19(22)21(24-13-23-20)26-18-11-5-8-15-7-2-3-10-17(15)18/h2-13H,22H2,1H3,(H,23,24,25). The number of anilines is 3. The lowest BCUT2D eigenvalue weighted by Gasteiger charge is -2.13. The number of nitrogens with two attached hydrogens (primary N) is 1. The van der Waals surface area contributed by atoms with Crippen molar-refractivity contribution in [2.24, 2.45) is 0 Å². The Morgan fingerprint density at radius 3 is 2.62 bits per heavy atom. The molecule has 0 aliphatic heterocycles. The maximum Gasteiger partial charge on any atom is 0.248 e. The van der Waals surface area contributed by atoms with Gasteiger partial charge in [0.05, 0.1) is 0 Å². The van der Waals surface area contributed by atoms with Gasteiger partial charge in [0.2, 0.25) is 5.88 Å². The fraction of sp³-hybridized carbons (Fsp3) is 0.0476. The van der Waals surface area contributed by atoms with Crippen LogP contribution < -0.4 is 15.8 Å². The number of hydrogen-bond acceptors (Lipinski definition) is 5. The molecule has 1 heterocycles. The second kappa shape index (κ2) is 6.72. The van der Waals surface area contributed by atoms with Gasteiger partial charge in [-0.05, 0) is 36.1 Å². The zero-order valence-corrected chi connectivity index (χ0v) is 14.3. The molecule has 3 N–H and O–H groups in total. The molecule has 5 nitrogen and oxygen atoms in total. The lowest BCUT2D eigenvalue weighted by molar-refractivity contribution is 0.470. The summed E-state index contributed by atoms with van der Waals surface area (Å²) < 4.78 is 6.01. The van der Waals surface area contributed by atoms with E-state index in [1.807, 2.05) is 73.7 Å². The van der Waals surface area contributed by atoms with Crippen molar-refractivity contribution in [3.8, 4) is 11.6 Å². The van der Waals surface area contributed by atoms with Crippen LogP contribution in [0.3, 0.4) is 0 Å². The predicted molar refractivity (Wildman–Crippen MR) is 105 cm³/mol. The van der Waals surface area contributed by atoms with Crippen molar-refractivity contribution in [1.29, 1.82) is 0 Å². The fourth-order valence-electron chi connectivity index (χ4n) is 2.81. The number of fused-ring (bicyclic) bond motifs is 1. The van der Waals surface area contributed by atoms with Crippen LogP contribution in [0.15, 0.2) is 73.1 Å². The van der Waals surface area contributed by atoms with E-state index >= 15 is 0 Å². The molecule has 128 valence electrons. The Hall–Kier alpha value is -3.60. The molecule has 5 heteroatoms. The van der Waals surface area contributed by atoms with E-state index < -0.39 is 0 Å². The molecule has 1 aromatic heterocycles. The van der Waals surface area contributed by atoms with Gasteiger partial charge in [-0.3, -0.25) is 0 Å². The van der Waals surface area contributed by atoms with Gasteiger partial charge in [0, 0.05) is 11.1 Å². The summed E-state index contributed by atoms with van der Waals surface area (Å²) in [6.45, 7) is 2.03. The van der Waals surface area contributed by atoms with E-state index in [9.17, 15) is 0 Å². The molecule has 0 atom stereocenters. The number of nitrogens with zero attached hydrogens (tertiary/aromatic N) is 2. The first kappa shape index (κ1) is 15.9. The number of aromatic nitrogens is 2. The van der Waals surface area contributed by atoms with E-state index in [0.717, 1.165) is 22.0 Å². The lowest BCUT2D eigenvalue weighted by Crippen LogP contribution is -2.03. The second-order valence-electron chi connectivity index (χ2n) is 6.01. The van der Waals surface area contributed by atoms with E-state index in [1.54, 1.807) is 0 Å². The van der Waals surface area contributed by atoms with E-state index in [4.69, 9.17) is 10.5 Å². The largest absolute Gasteiger partial charge is 0.436 e. The highest BCUT2D eigenvalue weighted by Gasteiger charge is 2.12. The third kappa shape index (κ3) is 3.15. The van der Waals surface area contributed by atoms with Crippen LogP contribution >= 0.6 is 0 Å². The molecule has 0 radical (unpaired) electrons. The highest BCUT2D eigenvalue weighted by Crippen LogP contribution is 2.34. The molecule has 4 rings (SSSR count). The maximum atomic E-state index is 6.25. The summed E-state index contributed by atoms with van der Waals surface area (Å²) >= 11 is 0. The van der Waals surface area contributed by atoms with Crippen molar-refractivity contribution in [3.05, 3.63) is 78.6 Å². The number of benzene rings is 3. The zero-order chi connectivity index (χ0) is 17.9. The molecule has 0 aliphatic rings. The number of nitrogens with one attached hydrogen (secondary N) is 1. The monoisotopic (exact) mass is 342 g/mol. The first-order valence-electron chi connectivity index (χ1n) is 8.30. The maximum absolute atomic E-state index is 6.25. The molecule has 3 aromatic carbocycles. The van der Waals surface area contributed by atoms with E-state index in [0.29, 0.717) is 23.1 Å². The molecule has 0 fully saturated rings. The normalized spacial score (nSPS) is 10.7. The SMILES string of the molecule is Cc1cccc(Nc2ncnc(Oc3cccc4ccccc34)c2N)c1. The smallest absolute Gasteiger partial charge is 0.248 e. The summed E-state index contributed by atoms with van der Waals surface area (Å²) in [7, 11) is 0. The van der Waals surface area contributed by atoms with Gasteiger partial charge in [0.25, 0.3) is 0 Å². The minimum atomic E-state index is 0.325. The van der Waals surface area contributed by atoms with Gasteiger partial charge in [0.15, 0.2) is 5.82 Å². The Balaban J connectivity index is 1.67. The molecule has 26 heavy (non-hydrogen) atoms. The lowest BCUT2D eigenvalue weighted by atomic mass is 10.1. The Kier molecular flexibility index (Phi) is 4.11. The summed E-state index contributed by atoms with van der Waals surface area (Å²) in [6.07, 6.45) is 1.44. The van der Waals surface area contributed by atoms with Gasteiger partial charge in [-0.25, -0.2) is 4.98 Å². The van der Waals surface area contributed by atoms with E-state index in [2.05, 4.69) is 15.3 Å². The molecule has 0 unspecified atom stereocenters. The molecule has 0 saturated carbocycles. The minimum absolute atomic E-state index is 0.325. The number of aryl methyl sites for hydroxylation is 1. The van der Waals surface area contributed by atoms with Gasteiger partial charge >= 0.3 is 0 Å². The van der Waals surface area contributed by atoms with Crippen LogP contribution in [0.25, 0.3) is 10.8 Å². The molecule has 0 bridgehead atoms. The molecule has 0 amide bonds. The predicted octanol–water partition coefficient (Wildman–Crippen LogP) is 5.06. The number of ether oxygens (including phenoxy) is 1. The van der Waals surface area contributed by atoms with Crippen molar-refractivity contribution >= 4 is 28.0 Å².